The quantitative estimate of drug-likeness (QED) is 0.870. The number of fused-ring (bicyclic) bond motifs is 1. The zero-order chi connectivity index (χ0) is 14.1. The number of amides is 1. The van der Waals surface area contributed by atoms with E-state index in [0.717, 1.165) is 26.1 Å². The third kappa shape index (κ3) is 2.23. The average molecular weight is 274 g/mol. The number of carbonyl (C=O) groups excluding carboxylic acids is 1. The molecule has 2 heterocycles. The fourth-order valence-corrected chi connectivity index (χ4v) is 3.73. The van der Waals surface area contributed by atoms with Crippen LogP contribution in [0.4, 0.5) is 0 Å². The summed E-state index contributed by atoms with van der Waals surface area (Å²) in [6.07, 6.45) is -0.0761. The second-order valence-electron chi connectivity index (χ2n) is 5.86. The van der Waals surface area contributed by atoms with Crippen LogP contribution in [0.1, 0.15) is 25.0 Å². The summed E-state index contributed by atoms with van der Waals surface area (Å²) >= 11 is 0. The lowest BCUT2D eigenvalue weighted by atomic mass is 9.93. The van der Waals surface area contributed by atoms with Crippen molar-refractivity contribution in [1.82, 2.24) is 10.2 Å². The molecule has 1 amide bonds. The van der Waals surface area contributed by atoms with Gasteiger partial charge in [-0.3, -0.25) is 4.79 Å². The van der Waals surface area contributed by atoms with E-state index in [-0.39, 0.29) is 11.9 Å². The lowest BCUT2D eigenvalue weighted by Crippen LogP contribution is -2.42. The molecular weight excluding hydrogens is 252 g/mol. The number of aliphatic hydroxyl groups is 1. The first-order valence-corrected chi connectivity index (χ1v) is 7.46. The van der Waals surface area contributed by atoms with Crippen LogP contribution in [-0.2, 0) is 4.79 Å². The van der Waals surface area contributed by atoms with Gasteiger partial charge < -0.3 is 15.3 Å². The Labute approximate surface area is 119 Å². The molecule has 20 heavy (non-hydrogen) atoms. The highest BCUT2D eigenvalue weighted by Gasteiger charge is 2.46. The topological polar surface area (TPSA) is 52.6 Å². The van der Waals surface area contributed by atoms with E-state index < -0.39 is 6.10 Å². The Morgan fingerprint density at radius 1 is 1.40 bits per heavy atom. The molecule has 2 fully saturated rings. The van der Waals surface area contributed by atoms with Crippen LogP contribution in [0, 0.1) is 11.8 Å². The van der Waals surface area contributed by atoms with Crippen molar-refractivity contribution in [2.24, 2.45) is 11.8 Å². The molecule has 4 unspecified atom stereocenters. The van der Waals surface area contributed by atoms with Crippen LogP contribution >= 0.6 is 0 Å². The van der Waals surface area contributed by atoms with Gasteiger partial charge in [0.25, 0.3) is 5.91 Å². The molecule has 108 valence electrons. The van der Waals surface area contributed by atoms with Gasteiger partial charge >= 0.3 is 0 Å². The van der Waals surface area contributed by atoms with E-state index in [1.54, 1.807) is 0 Å². The molecule has 0 aromatic heterocycles. The Hall–Kier alpha value is -1.39. The summed E-state index contributed by atoms with van der Waals surface area (Å²) in [6.45, 7) is 4.89. The van der Waals surface area contributed by atoms with Crippen molar-refractivity contribution in [2.45, 2.75) is 25.5 Å². The second kappa shape index (κ2) is 5.54. The number of aliphatic hydroxyl groups excluding tert-OH is 1. The first-order valence-electron chi connectivity index (χ1n) is 7.46. The summed E-state index contributed by atoms with van der Waals surface area (Å²) in [5.41, 5.74) is 0.683. The van der Waals surface area contributed by atoms with Crippen molar-refractivity contribution in [3.05, 3.63) is 35.9 Å². The lowest BCUT2D eigenvalue weighted by molar-refractivity contribution is -0.142. The third-order valence-electron chi connectivity index (χ3n) is 4.77. The zero-order valence-corrected chi connectivity index (χ0v) is 11.8. The maximum absolute atomic E-state index is 12.6. The van der Waals surface area contributed by atoms with Gasteiger partial charge in [-0.1, -0.05) is 37.3 Å². The molecule has 0 aliphatic carbocycles. The minimum atomic E-state index is -1.03. The van der Waals surface area contributed by atoms with Crippen molar-refractivity contribution in [1.29, 1.82) is 0 Å². The Kier molecular flexibility index (Phi) is 3.76. The number of rotatable bonds is 3. The van der Waals surface area contributed by atoms with Crippen LogP contribution in [0.25, 0.3) is 0 Å². The molecule has 2 aliphatic rings. The summed E-state index contributed by atoms with van der Waals surface area (Å²) in [5, 5.41) is 13.7. The highest BCUT2D eigenvalue weighted by Crippen LogP contribution is 2.35. The monoisotopic (exact) mass is 274 g/mol. The summed E-state index contributed by atoms with van der Waals surface area (Å²) in [4.78, 5) is 14.5. The smallest absolute Gasteiger partial charge is 0.256 e. The van der Waals surface area contributed by atoms with E-state index in [0.29, 0.717) is 17.4 Å². The Morgan fingerprint density at radius 3 is 2.85 bits per heavy atom. The molecule has 4 atom stereocenters. The molecule has 1 aromatic carbocycles. The van der Waals surface area contributed by atoms with E-state index in [1.165, 1.54) is 0 Å². The average Bonchev–Trinajstić information content (AvgIpc) is 3.06. The second-order valence-corrected chi connectivity index (χ2v) is 5.86. The van der Waals surface area contributed by atoms with Gasteiger partial charge in [-0.25, -0.2) is 0 Å². The minimum absolute atomic E-state index is 0.141. The maximum atomic E-state index is 12.6. The number of benzene rings is 1. The van der Waals surface area contributed by atoms with Crippen molar-refractivity contribution < 1.29 is 9.90 Å². The van der Waals surface area contributed by atoms with Crippen LogP contribution in [0.15, 0.2) is 30.3 Å². The van der Waals surface area contributed by atoms with Gasteiger partial charge in [-0.2, -0.15) is 0 Å². The predicted octanol–water partition coefficient (Wildman–Crippen LogP) is 1.18. The molecule has 3 rings (SSSR count). The normalized spacial score (nSPS) is 30.3. The first-order chi connectivity index (χ1) is 9.72. The van der Waals surface area contributed by atoms with Crippen molar-refractivity contribution in [3.63, 3.8) is 0 Å². The van der Waals surface area contributed by atoms with Crippen LogP contribution in [-0.4, -0.2) is 41.6 Å². The van der Waals surface area contributed by atoms with E-state index in [2.05, 4.69) is 12.2 Å². The Bertz CT molecular complexity index is 477. The molecule has 0 radical (unpaired) electrons. The van der Waals surface area contributed by atoms with Gasteiger partial charge in [-0.15, -0.1) is 0 Å². The molecule has 0 bridgehead atoms. The number of hydrogen-bond donors (Lipinski definition) is 2. The van der Waals surface area contributed by atoms with Crippen molar-refractivity contribution in [3.8, 4) is 0 Å². The summed E-state index contributed by atoms with van der Waals surface area (Å²) in [6, 6.07) is 9.48. The summed E-state index contributed by atoms with van der Waals surface area (Å²) in [7, 11) is 0. The molecular formula is C16H22N2O2. The largest absolute Gasteiger partial charge is 0.378 e. The van der Waals surface area contributed by atoms with Crippen molar-refractivity contribution in [2.75, 3.05) is 19.6 Å². The molecule has 0 spiro atoms. The number of carbonyl (C=O) groups is 1. The minimum Gasteiger partial charge on any atom is -0.378 e. The Morgan fingerprint density at radius 2 is 2.15 bits per heavy atom. The molecule has 4 nitrogen and oxygen atoms in total. The fraction of sp³-hybridized carbons (Fsp3) is 0.562. The van der Waals surface area contributed by atoms with Gasteiger partial charge in [0.05, 0.1) is 0 Å². The van der Waals surface area contributed by atoms with E-state index >= 15 is 0 Å². The van der Waals surface area contributed by atoms with Gasteiger partial charge in [0.15, 0.2) is 6.10 Å². The van der Waals surface area contributed by atoms with Gasteiger partial charge in [0.2, 0.25) is 0 Å². The predicted molar refractivity (Wildman–Crippen MR) is 77.0 cm³/mol. The number of nitrogens with zero attached hydrogens (tertiary/aromatic N) is 1. The number of nitrogens with one attached hydrogen (secondary N) is 1. The molecule has 1 aromatic rings. The van der Waals surface area contributed by atoms with Crippen LogP contribution in [0.5, 0.6) is 0 Å². The highest BCUT2D eigenvalue weighted by molar-refractivity contribution is 5.82. The van der Waals surface area contributed by atoms with E-state index in [1.807, 2.05) is 35.2 Å². The Balaban J connectivity index is 1.77. The van der Waals surface area contributed by atoms with E-state index in [4.69, 9.17) is 0 Å². The number of likely N-dealkylation sites (tertiary alicyclic amines) is 1. The first kappa shape index (κ1) is 13.6. The van der Waals surface area contributed by atoms with Crippen LogP contribution < -0.4 is 5.32 Å². The molecule has 4 heteroatoms. The van der Waals surface area contributed by atoms with E-state index in [9.17, 15) is 9.90 Å². The third-order valence-corrected chi connectivity index (χ3v) is 4.77. The standard InChI is InChI=1S/C16H22N2O2/c1-2-14-13-9-17-8-12(13)10-18(14)16(20)15(19)11-6-4-3-5-7-11/h3-7,12-15,17,19H,2,8-10H2,1H3. The van der Waals surface area contributed by atoms with Crippen molar-refractivity contribution >= 4 is 5.91 Å². The lowest BCUT2D eigenvalue weighted by Gasteiger charge is -2.29. The van der Waals surface area contributed by atoms with Gasteiger partial charge in [-0.05, 0) is 23.8 Å². The van der Waals surface area contributed by atoms with Gasteiger partial charge in [0.1, 0.15) is 0 Å². The SMILES string of the molecule is CCC1C2CNCC2CN1C(=O)C(O)c1ccccc1. The highest BCUT2D eigenvalue weighted by atomic mass is 16.3. The molecule has 2 saturated heterocycles. The summed E-state index contributed by atoms with van der Waals surface area (Å²) in [5.74, 6) is 0.955. The number of hydrogen-bond acceptors (Lipinski definition) is 3. The van der Waals surface area contributed by atoms with Crippen LogP contribution in [0.3, 0.4) is 0 Å². The maximum Gasteiger partial charge on any atom is 0.256 e. The van der Waals surface area contributed by atoms with Gasteiger partial charge in [0, 0.05) is 25.7 Å². The van der Waals surface area contributed by atoms with Crippen LogP contribution in [0.2, 0.25) is 0 Å². The molecule has 0 saturated carbocycles. The summed E-state index contributed by atoms with van der Waals surface area (Å²) < 4.78 is 0. The zero-order valence-electron chi connectivity index (χ0n) is 11.8. The fourth-order valence-electron chi connectivity index (χ4n) is 3.73. The molecule has 2 aliphatic heterocycles. The molecule has 2 N–H and O–H groups in total.